The summed E-state index contributed by atoms with van der Waals surface area (Å²) in [5.74, 6) is -12.3. The second kappa shape index (κ2) is 36.6. The summed E-state index contributed by atoms with van der Waals surface area (Å²) in [5, 5.41) is 142. The van der Waals surface area contributed by atoms with Crippen molar-refractivity contribution in [3.8, 4) is 5.69 Å². The first-order chi connectivity index (χ1) is 48.3. The minimum atomic E-state index is -5.89. The van der Waals surface area contributed by atoms with Crippen LogP contribution in [0.25, 0.3) is 5.69 Å². The van der Waals surface area contributed by atoms with Crippen molar-refractivity contribution in [2.45, 2.75) is 188 Å². The van der Waals surface area contributed by atoms with Gasteiger partial charge in [0.05, 0.1) is 43.0 Å². The molecule has 6 rings (SSSR count). The van der Waals surface area contributed by atoms with Crippen molar-refractivity contribution in [1.29, 1.82) is 0 Å². The summed E-state index contributed by atoms with van der Waals surface area (Å²) in [5.41, 5.74) is 11.8. The highest BCUT2D eigenvalue weighted by Gasteiger charge is 2.62. The first-order valence-electron chi connectivity index (χ1n) is 30.4. The maximum Gasteiger partial charge on any atom is 0.474 e. The lowest BCUT2D eigenvalue weighted by Crippen LogP contribution is -2.72. The number of amides is 5. The average molecular weight is 1510 g/mol. The molecule has 5 heterocycles. The Kier molecular flexibility index (Phi) is 29.9. The quantitative estimate of drug-likeness (QED) is 0.00746. The van der Waals surface area contributed by atoms with E-state index in [-0.39, 0.29) is 25.1 Å². The third-order valence-electron chi connectivity index (χ3n) is 15.6. The molecule has 21 N–H and O–H groups in total. The number of nitrogens with zero attached hydrogens (tertiary/aromatic N) is 4. The molecule has 103 heavy (non-hydrogen) atoms. The van der Waals surface area contributed by atoms with Crippen LogP contribution in [0, 0.1) is 10.1 Å². The Hall–Kier alpha value is -7.99. The lowest BCUT2D eigenvalue weighted by atomic mass is 9.85. The highest BCUT2D eigenvalue weighted by molar-refractivity contribution is 7.47. The zero-order valence-corrected chi connectivity index (χ0v) is 55.2. The number of carbonyl (C=O) groups is 10. The number of nitrogens with two attached hydrogens (primary N) is 3. The molecule has 24 atom stereocenters. The number of benzene rings is 1. The topological polar surface area (TPSA) is 739 Å². The SMILES string of the molecule is CC(=O)NC1C(OC2C(COC3OC(CO)C(O)C(O)C3O)OC(OC3C(OP(=O)(O)OC[C@@H](OCC=O)C(=O)O)OC(C(N)=O)C(C)(O)C3OC(N)=O)C(NC(C)=O)C2O)OC(C)C(OC(OCc2nc(C(=O)CCC(=O)O)nn2-c2ccc([N+](=O)[O-])c(C(=O)NCCN)c2)C(O)C(=O)O)C1O. The number of aromatic nitrogens is 3. The number of carbonyl (C=O) groups excluding carboxylic acids is 7. The molecule has 1 aromatic heterocycles. The number of nitro groups is 1. The molecule has 2 aromatic rings. The van der Waals surface area contributed by atoms with Gasteiger partial charge < -0.3 is 151 Å². The second-order valence-corrected chi connectivity index (χ2v) is 24.5. The van der Waals surface area contributed by atoms with Gasteiger partial charge in [-0.15, -0.1) is 5.10 Å². The molecule has 49 heteroatoms. The van der Waals surface area contributed by atoms with Crippen molar-refractivity contribution in [3.63, 3.8) is 0 Å². The van der Waals surface area contributed by atoms with Crippen LogP contribution < -0.4 is 33.2 Å². The van der Waals surface area contributed by atoms with Gasteiger partial charge in [0.25, 0.3) is 11.6 Å². The number of phosphoric acid groups is 1. The van der Waals surface area contributed by atoms with E-state index in [4.69, 9.17) is 78.4 Å². The number of carboxylic acids is 3. The number of ketones is 1. The molecule has 5 amide bonds. The number of rotatable bonds is 37. The van der Waals surface area contributed by atoms with Gasteiger partial charge in [0.2, 0.25) is 35.4 Å². The number of aldehydes is 1. The van der Waals surface area contributed by atoms with Crippen LogP contribution in [0.5, 0.6) is 0 Å². The molecular formula is C54H77N10O38P. The number of aliphatic hydroxyl groups is 8. The number of carboxylic acid groups (broad SMARTS) is 3. The number of phosphoric ester groups is 1. The monoisotopic (exact) mass is 1500 g/mol. The third kappa shape index (κ3) is 21.4. The highest BCUT2D eigenvalue weighted by atomic mass is 31.2. The lowest BCUT2D eigenvalue weighted by molar-refractivity contribution is -0.385. The molecule has 23 unspecified atom stereocenters. The molecule has 48 nitrogen and oxygen atoms in total. The summed E-state index contributed by atoms with van der Waals surface area (Å²) in [7, 11) is -5.89. The molecule has 1 aromatic carbocycles. The minimum absolute atomic E-state index is 0.0978. The van der Waals surface area contributed by atoms with Gasteiger partial charge in [0, 0.05) is 39.4 Å². The first kappa shape index (κ1) is 84.0. The Morgan fingerprint density at radius 1 is 0.835 bits per heavy atom. The smallest absolute Gasteiger partial charge is 0.474 e. The van der Waals surface area contributed by atoms with Gasteiger partial charge in [-0.2, -0.15) is 0 Å². The summed E-state index contributed by atoms with van der Waals surface area (Å²) in [6.07, 6.45) is -48.3. The molecule has 0 saturated carbocycles. The number of nitrogens with one attached hydrogen (secondary N) is 3. The average Bonchev–Trinajstić information content (AvgIpc) is 1.53. The van der Waals surface area contributed by atoms with E-state index in [2.05, 4.69) is 26.0 Å². The predicted octanol–water partition coefficient (Wildman–Crippen LogP) is -9.40. The number of Topliss-reactive ketones (excluding diaryl/α,β-unsaturated/α-hetero) is 1. The predicted molar refractivity (Wildman–Crippen MR) is 321 cm³/mol. The normalized spacial score (nSPS) is 31.5. The summed E-state index contributed by atoms with van der Waals surface area (Å²) < 4.78 is 87.4. The lowest BCUT2D eigenvalue weighted by Gasteiger charge is -2.51. The molecular weight excluding hydrogens is 1430 g/mol. The number of ether oxygens (including phenoxy) is 11. The zero-order chi connectivity index (χ0) is 76.9. The van der Waals surface area contributed by atoms with Crippen LogP contribution >= 0.6 is 7.82 Å². The Morgan fingerprint density at radius 2 is 1.46 bits per heavy atom. The Labute approximate surface area is 578 Å². The van der Waals surface area contributed by atoms with E-state index < -0.39 is 276 Å². The number of hydrogen-bond acceptors (Lipinski definition) is 37. The first-order valence-corrected chi connectivity index (χ1v) is 31.9. The van der Waals surface area contributed by atoms with Crippen molar-refractivity contribution < 1.29 is 180 Å². The van der Waals surface area contributed by atoms with Gasteiger partial charge >= 0.3 is 31.8 Å². The minimum Gasteiger partial charge on any atom is -0.481 e. The third-order valence-corrected chi connectivity index (χ3v) is 16.5. The molecule has 0 radical (unpaired) electrons. The molecule has 4 fully saturated rings. The van der Waals surface area contributed by atoms with E-state index in [1.807, 2.05) is 0 Å². The fraction of sp³-hybridized carbons (Fsp3) is 0.667. The van der Waals surface area contributed by atoms with E-state index in [1.54, 1.807) is 0 Å². The van der Waals surface area contributed by atoms with Gasteiger partial charge in [-0.25, -0.2) is 28.6 Å². The standard InChI is InChI=1S/C54H77N10O38P/c1-18-38(97-51(37(77)47(82)83)92-17-28-61-44(24(69)7-8-29(70)71)62-63(28)21-5-6-23(64(86)87)22(13-21)45(79)58-10-9-55)33(73)30(59-19(2)67)48(94-18)98-39-26(15-91-50-36(76)35(75)32(72)25(14-66)95-50)96-49(31(34(39)74)60-20(3)68)99-40-41(101-53(57)84)54(4,85)42(43(56)78)100-52(40)102-103(88,89)93-16-27(46(80)81)90-12-11-65/h5-6,11,13,18,25-27,30-42,48-52,66,72-77,85H,7-10,12,14-17,55H2,1-4H3,(H2,56,78)(H2,57,84)(H,58,79)(H,59,67)(H,60,68)(H,70,71)(H,80,81)(H,82,83)(H,88,89)/t18?,25?,26?,27-,30?,31?,32?,33?,34?,35?,36?,37?,38?,39?,40?,41?,42?,48?,49?,50?,51?,52?,54?/m1/s1. The van der Waals surface area contributed by atoms with Crippen LogP contribution in [0.1, 0.15) is 67.3 Å². The maximum atomic E-state index is 13.7. The van der Waals surface area contributed by atoms with E-state index >= 15 is 0 Å². The van der Waals surface area contributed by atoms with Crippen LogP contribution in [0.3, 0.4) is 0 Å². The zero-order valence-electron chi connectivity index (χ0n) is 54.3. The Morgan fingerprint density at radius 3 is 2.02 bits per heavy atom. The summed E-state index contributed by atoms with van der Waals surface area (Å²) in [4.78, 5) is 151. The van der Waals surface area contributed by atoms with Gasteiger partial charge in [-0.3, -0.25) is 47.9 Å². The van der Waals surface area contributed by atoms with E-state index in [0.29, 0.717) is 0 Å². The van der Waals surface area contributed by atoms with Gasteiger partial charge in [0.15, 0.2) is 61.7 Å². The largest absolute Gasteiger partial charge is 0.481 e. The van der Waals surface area contributed by atoms with Crippen LogP contribution in [-0.4, -0.2) is 321 Å². The van der Waals surface area contributed by atoms with Crippen LogP contribution in [-0.2, 0) is 106 Å². The van der Waals surface area contributed by atoms with Crippen molar-refractivity contribution in [3.05, 3.63) is 45.5 Å². The molecule has 4 aliphatic heterocycles. The van der Waals surface area contributed by atoms with Crippen molar-refractivity contribution in [1.82, 2.24) is 30.7 Å². The van der Waals surface area contributed by atoms with Crippen molar-refractivity contribution in [2.75, 3.05) is 39.5 Å². The van der Waals surface area contributed by atoms with E-state index in [1.165, 1.54) is 0 Å². The van der Waals surface area contributed by atoms with Crippen molar-refractivity contribution >= 4 is 73.2 Å². The van der Waals surface area contributed by atoms with Crippen LogP contribution in [0.4, 0.5) is 10.5 Å². The maximum absolute atomic E-state index is 13.7. The Balaban J connectivity index is 1.40. The number of aliphatic carboxylic acids is 3. The van der Waals surface area contributed by atoms with E-state index in [0.717, 1.165) is 50.6 Å². The highest BCUT2D eigenvalue weighted by Crippen LogP contribution is 2.49. The fourth-order valence-corrected chi connectivity index (χ4v) is 11.5. The van der Waals surface area contributed by atoms with Crippen molar-refractivity contribution in [2.24, 2.45) is 17.2 Å². The number of primary amides is 2. The van der Waals surface area contributed by atoms with Gasteiger partial charge in [-0.1, -0.05) is 0 Å². The number of hydrogen-bond donors (Lipinski definition) is 18. The summed E-state index contributed by atoms with van der Waals surface area (Å²) in [6.45, 7) is -2.20. The fourth-order valence-electron chi connectivity index (χ4n) is 10.7. The molecule has 4 aliphatic rings. The molecule has 0 spiro atoms. The molecule has 0 bridgehead atoms. The number of nitro benzene ring substituents is 1. The van der Waals surface area contributed by atoms with E-state index in [9.17, 15) is 124 Å². The molecule has 576 valence electrons. The van der Waals surface area contributed by atoms with Crippen LogP contribution in [0.15, 0.2) is 18.2 Å². The Bertz CT molecular complexity index is 3420. The molecule has 4 saturated heterocycles. The molecule has 0 aliphatic carbocycles. The van der Waals surface area contributed by atoms with Gasteiger partial charge in [0.1, 0.15) is 97.7 Å². The number of aliphatic hydroxyl groups excluding tert-OH is 7. The van der Waals surface area contributed by atoms with Gasteiger partial charge in [-0.05, 0) is 26.0 Å². The summed E-state index contributed by atoms with van der Waals surface area (Å²) in [6, 6.07) is -1.39. The summed E-state index contributed by atoms with van der Waals surface area (Å²) >= 11 is 0. The van der Waals surface area contributed by atoms with Crippen LogP contribution in [0.2, 0.25) is 0 Å². The second-order valence-electron chi connectivity index (χ2n) is 23.1.